The molecule has 0 saturated carbocycles. The van der Waals surface area contributed by atoms with E-state index in [4.69, 9.17) is 0 Å². The van der Waals surface area contributed by atoms with E-state index in [1.54, 1.807) is 18.2 Å². The zero-order valence-corrected chi connectivity index (χ0v) is 9.72. The van der Waals surface area contributed by atoms with Crippen molar-refractivity contribution in [3.8, 4) is 0 Å². The van der Waals surface area contributed by atoms with Crippen LogP contribution in [0.1, 0.15) is 32.0 Å². The quantitative estimate of drug-likeness (QED) is 0.610. The lowest BCUT2D eigenvalue weighted by molar-refractivity contribution is 0.0441. The predicted molar refractivity (Wildman–Crippen MR) is 63.2 cm³/mol. The van der Waals surface area contributed by atoms with Crippen molar-refractivity contribution in [3.63, 3.8) is 0 Å². The second-order valence-electron chi connectivity index (χ2n) is 4.22. The molecule has 0 unspecified atom stereocenters. The second-order valence-corrected chi connectivity index (χ2v) is 4.22. The molecule has 1 aromatic carbocycles. The number of carbonyl (C=O) groups excluding carboxylic acids is 2. The first kappa shape index (κ1) is 11.5. The van der Waals surface area contributed by atoms with Crippen molar-refractivity contribution in [2.45, 2.75) is 6.42 Å². The molecule has 3 rings (SSSR count). The highest BCUT2D eigenvalue weighted by atomic mass is 19.1. The van der Waals surface area contributed by atoms with Gasteiger partial charge in [0.1, 0.15) is 5.82 Å². The van der Waals surface area contributed by atoms with Gasteiger partial charge in [0.15, 0.2) is 5.69 Å². The number of ether oxygens (including phenoxy) is 1. The third kappa shape index (κ3) is 2.10. The molecular weight excluding hydrogens is 249 g/mol. The number of hydrogen-bond acceptors (Lipinski definition) is 4. The fourth-order valence-electron chi connectivity index (χ4n) is 1.95. The van der Waals surface area contributed by atoms with E-state index in [-0.39, 0.29) is 17.1 Å². The van der Waals surface area contributed by atoms with Gasteiger partial charge in [-0.05, 0) is 35.7 Å². The van der Waals surface area contributed by atoms with Crippen molar-refractivity contribution < 1.29 is 18.7 Å². The predicted octanol–water partition coefficient (Wildman–Crippen LogP) is 2.12. The van der Waals surface area contributed by atoms with E-state index in [0.29, 0.717) is 6.42 Å². The molecule has 0 radical (unpaired) electrons. The summed E-state index contributed by atoms with van der Waals surface area (Å²) >= 11 is 0. The smallest absolute Gasteiger partial charge is 0.365 e. The summed E-state index contributed by atoms with van der Waals surface area (Å²) in [5.41, 5.74) is 1.88. The lowest BCUT2D eigenvalue weighted by Gasteiger charge is -2.02. The van der Waals surface area contributed by atoms with Crippen LogP contribution < -0.4 is 0 Å². The molecule has 1 aromatic heterocycles. The minimum Gasteiger partial charge on any atom is -0.384 e. The fourth-order valence-corrected chi connectivity index (χ4v) is 1.95. The van der Waals surface area contributed by atoms with E-state index in [1.807, 2.05) is 0 Å². The van der Waals surface area contributed by atoms with Gasteiger partial charge in [0.25, 0.3) is 0 Å². The summed E-state index contributed by atoms with van der Waals surface area (Å²) < 4.78 is 17.3. The average Bonchev–Trinajstić information content (AvgIpc) is 2.68. The molecule has 0 fully saturated rings. The Morgan fingerprint density at radius 2 is 1.79 bits per heavy atom. The number of rotatable bonds is 2. The van der Waals surface area contributed by atoms with E-state index in [2.05, 4.69) is 9.72 Å². The van der Waals surface area contributed by atoms with Crippen LogP contribution in [0.4, 0.5) is 4.39 Å². The largest absolute Gasteiger partial charge is 0.384 e. The summed E-state index contributed by atoms with van der Waals surface area (Å²) in [7, 11) is 0. The molecule has 5 heteroatoms. The van der Waals surface area contributed by atoms with Crippen LogP contribution in [0.2, 0.25) is 0 Å². The molecule has 0 atom stereocenters. The minimum absolute atomic E-state index is 0.0489. The van der Waals surface area contributed by atoms with Crippen LogP contribution in [0.25, 0.3) is 0 Å². The molecular formula is C14H8FNO3. The van der Waals surface area contributed by atoms with Crippen LogP contribution >= 0.6 is 0 Å². The maximum atomic E-state index is 12.8. The highest BCUT2D eigenvalue weighted by Crippen LogP contribution is 2.20. The van der Waals surface area contributed by atoms with Gasteiger partial charge in [-0.15, -0.1) is 0 Å². The molecule has 2 heterocycles. The van der Waals surface area contributed by atoms with Crippen LogP contribution in [0.15, 0.2) is 36.5 Å². The highest BCUT2D eigenvalue weighted by Gasteiger charge is 2.31. The van der Waals surface area contributed by atoms with Crippen molar-refractivity contribution in [1.29, 1.82) is 0 Å². The van der Waals surface area contributed by atoms with E-state index < -0.39 is 11.9 Å². The summed E-state index contributed by atoms with van der Waals surface area (Å²) in [5, 5.41) is 0. The van der Waals surface area contributed by atoms with Crippen molar-refractivity contribution in [3.05, 3.63) is 64.7 Å². The molecule has 0 saturated heterocycles. The first-order valence-corrected chi connectivity index (χ1v) is 5.63. The molecule has 0 aliphatic carbocycles. The summed E-state index contributed by atoms with van der Waals surface area (Å²) in [4.78, 5) is 26.6. The van der Waals surface area contributed by atoms with Crippen LogP contribution in [-0.4, -0.2) is 16.9 Å². The molecule has 2 aromatic rings. The number of benzene rings is 1. The van der Waals surface area contributed by atoms with Gasteiger partial charge in [-0.1, -0.05) is 12.1 Å². The standard InChI is InChI=1S/C14H8FNO3/c15-10-3-1-8(2-4-10)5-9-6-11-12(16-7-9)14(18)19-13(11)17/h1-4,6-7H,5H2. The van der Waals surface area contributed by atoms with Crippen molar-refractivity contribution in [2.24, 2.45) is 0 Å². The number of pyridine rings is 1. The molecule has 0 N–H and O–H groups in total. The topological polar surface area (TPSA) is 56.3 Å². The summed E-state index contributed by atoms with van der Waals surface area (Å²) in [6.45, 7) is 0. The van der Waals surface area contributed by atoms with E-state index in [0.717, 1.165) is 11.1 Å². The lowest BCUT2D eigenvalue weighted by atomic mass is 10.0. The number of esters is 2. The van der Waals surface area contributed by atoms with Gasteiger partial charge in [-0.3, -0.25) is 0 Å². The maximum absolute atomic E-state index is 12.8. The third-order valence-electron chi connectivity index (χ3n) is 2.86. The van der Waals surface area contributed by atoms with Crippen molar-refractivity contribution >= 4 is 11.9 Å². The Labute approximate surface area is 107 Å². The number of cyclic esters (lactones) is 2. The molecule has 1 aliphatic rings. The minimum atomic E-state index is -0.715. The average molecular weight is 257 g/mol. The lowest BCUT2D eigenvalue weighted by Crippen LogP contribution is -1.99. The van der Waals surface area contributed by atoms with Crippen LogP contribution in [0.5, 0.6) is 0 Å². The Morgan fingerprint density at radius 1 is 1.05 bits per heavy atom. The first-order chi connectivity index (χ1) is 9.13. The van der Waals surface area contributed by atoms with Gasteiger partial charge in [-0.25, -0.2) is 19.0 Å². The molecule has 4 nitrogen and oxygen atoms in total. The number of carbonyl (C=O) groups is 2. The Hall–Kier alpha value is -2.56. The van der Waals surface area contributed by atoms with Gasteiger partial charge in [0.05, 0.1) is 5.56 Å². The number of hydrogen-bond donors (Lipinski definition) is 0. The van der Waals surface area contributed by atoms with E-state index in [9.17, 15) is 14.0 Å². The Morgan fingerprint density at radius 3 is 2.53 bits per heavy atom. The highest BCUT2D eigenvalue weighted by molar-refractivity contribution is 6.13. The van der Waals surface area contributed by atoms with Gasteiger partial charge in [-0.2, -0.15) is 0 Å². The first-order valence-electron chi connectivity index (χ1n) is 5.63. The number of aromatic nitrogens is 1. The molecule has 19 heavy (non-hydrogen) atoms. The monoisotopic (exact) mass is 257 g/mol. The maximum Gasteiger partial charge on any atom is 0.365 e. The van der Waals surface area contributed by atoms with Crippen LogP contribution in [-0.2, 0) is 11.2 Å². The Bertz CT molecular complexity index is 680. The number of fused-ring (bicyclic) bond motifs is 1. The number of nitrogens with zero attached hydrogens (tertiary/aromatic N) is 1. The molecule has 0 bridgehead atoms. The molecule has 0 amide bonds. The van der Waals surface area contributed by atoms with Crippen LogP contribution in [0, 0.1) is 5.82 Å². The van der Waals surface area contributed by atoms with Crippen molar-refractivity contribution in [1.82, 2.24) is 4.98 Å². The zero-order valence-electron chi connectivity index (χ0n) is 9.72. The summed E-state index contributed by atoms with van der Waals surface area (Å²) in [6, 6.07) is 7.64. The van der Waals surface area contributed by atoms with E-state index in [1.165, 1.54) is 18.3 Å². The second kappa shape index (κ2) is 4.28. The van der Waals surface area contributed by atoms with Gasteiger partial charge < -0.3 is 4.74 Å². The van der Waals surface area contributed by atoms with Gasteiger partial charge in [0.2, 0.25) is 0 Å². The van der Waals surface area contributed by atoms with Crippen molar-refractivity contribution in [2.75, 3.05) is 0 Å². The fraction of sp³-hybridized carbons (Fsp3) is 0.0714. The third-order valence-corrected chi connectivity index (χ3v) is 2.86. The van der Waals surface area contributed by atoms with Gasteiger partial charge in [0, 0.05) is 6.20 Å². The molecule has 1 aliphatic heterocycles. The SMILES string of the molecule is O=C1OC(=O)c2ncc(Cc3ccc(F)cc3)cc21. The van der Waals surface area contributed by atoms with E-state index >= 15 is 0 Å². The Balaban J connectivity index is 1.91. The molecule has 94 valence electrons. The van der Waals surface area contributed by atoms with Gasteiger partial charge >= 0.3 is 11.9 Å². The molecule has 0 spiro atoms. The normalized spacial score (nSPS) is 13.3. The summed E-state index contributed by atoms with van der Waals surface area (Å²) in [5.74, 6) is -1.69. The summed E-state index contributed by atoms with van der Waals surface area (Å²) in [6.07, 6.45) is 2.02. The number of halogens is 1. The van der Waals surface area contributed by atoms with Crippen LogP contribution in [0.3, 0.4) is 0 Å². The Kier molecular flexibility index (Phi) is 2.59. The zero-order chi connectivity index (χ0) is 13.4.